The molecule has 3 aliphatic rings. The van der Waals surface area contributed by atoms with Crippen molar-refractivity contribution in [3.63, 3.8) is 0 Å². The number of H-pyrrole nitrogens is 1. The van der Waals surface area contributed by atoms with Gasteiger partial charge in [-0.1, -0.05) is 24.3 Å². The highest BCUT2D eigenvalue weighted by Crippen LogP contribution is 2.40. The molecular weight excluding hydrogens is 462 g/mol. The van der Waals surface area contributed by atoms with Crippen molar-refractivity contribution in [3.05, 3.63) is 88.9 Å². The number of para-hydroxylation sites is 1. The smallest absolute Gasteiger partial charge is 0.247 e. The first-order valence-electron chi connectivity index (χ1n) is 13.2. The Bertz CT molecular complexity index is 1500. The summed E-state index contributed by atoms with van der Waals surface area (Å²) in [6, 6.07) is 14.6. The van der Waals surface area contributed by atoms with Gasteiger partial charge in [0.25, 0.3) is 0 Å². The fourth-order valence-corrected chi connectivity index (χ4v) is 5.96. The Hall–Kier alpha value is -4.13. The number of nitrogens with zero attached hydrogens (tertiary/aromatic N) is 4. The van der Waals surface area contributed by atoms with Crippen LogP contribution in [-0.2, 0) is 17.6 Å². The van der Waals surface area contributed by atoms with Gasteiger partial charge in [0.2, 0.25) is 11.9 Å². The lowest BCUT2D eigenvalue weighted by Gasteiger charge is -2.36. The maximum atomic E-state index is 13.6. The first-order valence-corrected chi connectivity index (χ1v) is 13.2. The zero-order valence-electron chi connectivity index (χ0n) is 20.7. The van der Waals surface area contributed by atoms with Crippen LogP contribution in [0.2, 0.25) is 0 Å². The standard InChI is InChI=1S/C30H29N5O2/c36-27(10-7-20-18-31-30(32-19-20)34-13-3-4-14-34)35-15-11-24-23-5-1-2-6-25(23)33-28(24)29(35)22-8-9-26-21(17-22)12-16-37-26/h1-2,5-10,17-19,29,33H,3-4,11-16H2/t29-/m1/s1. The van der Waals surface area contributed by atoms with Crippen LogP contribution < -0.4 is 9.64 Å². The fraction of sp³-hybridized carbons (Fsp3) is 0.300. The topological polar surface area (TPSA) is 74.4 Å². The largest absolute Gasteiger partial charge is 0.493 e. The van der Waals surface area contributed by atoms with Crippen molar-refractivity contribution in [1.29, 1.82) is 0 Å². The van der Waals surface area contributed by atoms with Gasteiger partial charge in [-0.3, -0.25) is 4.79 Å². The number of carbonyl (C=O) groups excluding carboxylic acids is 1. The summed E-state index contributed by atoms with van der Waals surface area (Å²) >= 11 is 0. The molecule has 1 saturated heterocycles. The Morgan fingerprint density at radius 1 is 1.03 bits per heavy atom. The molecular formula is C30H29N5O2. The van der Waals surface area contributed by atoms with Gasteiger partial charge < -0.3 is 19.5 Å². The Labute approximate surface area is 215 Å². The highest BCUT2D eigenvalue weighted by molar-refractivity contribution is 5.93. The molecule has 5 heterocycles. The van der Waals surface area contributed by atoms with Crippen LogP contribution in [0.4, 0.5) is 5.95 Å². The Morgan fingerprint density at radius 2 is 1.86 bits per heavy atom. The van der Waals surface area contributed by atoms with E-state index in [1.54, 1.807) is 18.5 Å². The van der Waals surface area contributed by atoms with E-state index in [-0.39, 0.29) is 11.9 Å². The van der Waals surface area contributed by atoms with E-state index in [1.165, 1.54) is 29.4 Å². The lowest BCUT2D eigenvalue weighted by Crippen LogP contribution is -2.39. The maximum absolute atomic E-state index is 13.6. The van der Waals surface area contributed by atoms with Crippen molar-refractivity contribution in [2.75, 3.05) is 31.1 Å². The second kappa shape index (κ2) is 9.07. The van der Waals surface area contributed by atoms with E-state index in [0.717, 1.165) is 60.0 Å². The van der Waals surface area contributed by atoms with E-state index < -0.39 is 0 Å². The SMILES string of the molecule is O=C(C=Cc1cnc(N2CCCC2)nc1)N1CCc2c([nH]c3ccccc23)[C@H]1c1ccc2c(c1)CCO2. The van der Waals surface area contributed by atoms with Crippen molar-refractivity contribution in [2.24, 2.45) is 0 Å². The molecule has 1 atom stereocenters. The van der Waals surface area contributed by atoms with Crippen molar-refractivity contribution in [2.45, 2.75) is 31.7 Å². The predicted molar refractivity (Wildman–Crippen MR) is 144 cm³/mol. The number of carbonyl (C=O) groups is 1. The summed E-state index contributed by atoms with van der Waals surface area (Å²) in [6.07, 6.45) is 11.2. The first kappa shape index (κ1) is 22.1. The summed E-state index contributed by atoms with van der Waals surface area (Å²) in [6.45, 7) is 3.38. The predicted octanol–water partition coefficient (Wildman–Crippen LogP) is 4.68. The van der Waals surface area contributed by atoms with Crippen LogP contribution in [0.15, 0.2) is 60.9 Å². The van der Waals surface area contributed by atoms with Gasteiger partial charge in [-0.2, -0.15) is 0 Å². The number of aromatic nitrogens is 3. The van der Waals surface area contributed by atoms with Gasteiger partial charge in [0.15, 0.2) is 0 Å². The van der Waals surface area contributed by atoms with E-state index in [0.29, 0.717) is 13.2 Å². The van der Waals surface area contributed by atoms with Gasteiger partial charge in [-0.05, 0) is 60.2 Å². The highest BCUT2D eigenvalue weighted by atomic mass is 16.5. The second-order valence-corrected chi connectivity index (χ2v) is 10.1. The number of aromatic amines is 1. The van der Waals surface area contributed by atoms with Crippen molar-refractivity contribution in [3.8, 4) is 5.75 Å². The van der Waals surface area contributed by atoms with Crippen molar-refractivity contribution in [1.82, 2.24) is 19.9 Å². The molecule has 0 bridgehead atoms. The number of hydrogen-bond acceptors (Lipinski definition) is 5. The van der Waals surface area contributed by atoms with Crippen LogP contribution in [0, 0.1) is 0 Å². The number of anilines is 1. The van der Waals surface area contributed by atoms with Crippen LogP contribution in [0.25, 0.3) is 17.0 Å². The van der Waals surface area contributed by atoms with Crippen LogP contribution in [-0.4, -0.2) is 52.0 Å². The van der Waals surface area contributed by atoms with Crippen LogP contribution in [0.1, 0.15) is 46.8 Å². The Balaban J connectivity index is 1.21. The van der Waals surface area contributed by atoms with Crippen LogP contribution in [0.5, 0.6) is 5.75 Å². The normalized spacial score (nSPS) is 18.9. The molecule has 1 amide bonds. The van der Waals surface area contributed by atoms with E-state index >= 15 is 0 Å². The van der Waals surface area contributed by atoms with E-state index in [1.807, 2.05) is 17.0 Å². The molecule has 7 rings (SSSR count). The molecule has 0 unspecified atom stereocenters. The molecule has 0 saturated carbocycles. The van der Waals surface area contributed by atoms with Gasteiger partial charge in [-0.15, -0.1) is 0 Å². The second-order valence-electron chi connectivity index (χ2n) is 10.1. The maximum Gasteiger partial charge on any atom is 0.247 e. The average molecular weight is 492 g/mol. The third kappa shape index (κ3) is 3.95. The number of rotatable bonds is 4. The summed E-state index contributed by atoms with van der Waals surface area (Å²) in [5.74, 6) is 1.70. The highest BCUT2D eigenvalue weighted by Gasteiger charge is 2.34. The zero-order chi connectivity index (χ0) is 24.8. The van der Waals surface area contributed by atoms with Gasteiger partial charge in [0.1, 0.15) is 5.75 Å². The van der Waals surface area contributed by atoms with Gasteiger partial charge >= 0.3 is 0 Å². The molecule has 1 N–H and O–H groups in total. The minimum atomic E-state index is -0.187. The molecule has 4 aromatic rings. The summed E-state index contributed by atoms with van der Waals surface area (Å²) in [7, 11) is 0. The molecule has 3 aliphatic heterocycles. The molecule has 37 heavy (non-hydrogen) atoms. The van der Waals surface area contributed by atoms with Gasteiger partial charge in [-0.25, -0.2) is 9.97 Å². The molecule has 0 aliphatic carbocycles. The summed E-state index contributed by atoms with van der Waals surface area (Å²) < 4.78 is 5.75. The molecule has 0 spiro atoms. The fourth-order valence-electron chi connectivity index (χ4n) is 5.96. The summed E-state index contributed by atoms with van der Waals surface area (Å²) in [5.41, 5.74) is 6.66. The van der Waals surface area contributed by atoms with Gasteiger partial charge in [0.05, 0.1) is 12.6 Å². The quantitative estimate of drug-likeness (QED) is 0.420. The zero-order valence-corrected chi connectivity index (χ0v) is 20.7. The molecule has 1 fully saturated rings. The van der Waals surface area contributed by atoms with E-state index in [4.69, 9.17) is 4.74 Å². The van der Waals surface area contributed by atoms with Crippen LogP contribution in [0.3, 0.4) is 0 Å². The summed E-state index contributed by atoms with van der Waals surface area (Å²) in [4.78, 5) is 30.5. The molecule has 0 radical (unpaired) electrons. The lowest BCUT2D eigenvalue weighted by molar-refractivity contribution is -0.128. The number of fused-ring (bicyclic) bond motifs is 4. The number of benzene rings is 2. The minimum Gasteiger partial charge on any atom is -0.493 e. The number of hydrogen-bond donors (Lipinski definition) is 1. The van der Waals surface area contributed by atoms with Crippen molar-refractivity contribution >= 4 is 28.8 Å². The van der Waals surface area contributed by atoms with Crippen molar-refractivity contribution < 1.29 is 9.53 Å². The van der Waals surface area contributed by atoms with E-state index in [9.17, 15) is 4.79 Å². The molecule has 2 aromatic heterocycles. The Kier molecular flexibility index (Phi) is 5.42. The monoisotopic (exact) mass is 491 g/mol. The number of nitrogens with one attached hydrogen (secondary N) is 1. The minimum absolute atomic E-state index is 0.0188. The third-order valence-corrected chi connectivity index (χ3v) is 7.81. The molecule has 2 aromatic carbocycles. The van der Waals surface area contributed by atoms with Crippen LogP contribution >= 0.6 is 0 Å². The number of amides is 1. The molecule has 186 valence electrons. The third-order valence-electron chi connectivity index (χ3n) is 7.81. The van der Waals surface area contributed by atoms with E-state index in [2.05, 4.69) is 56.3 Å². The average Bonchev–Trinajstić information content (AvgIpc) is 3.71. The molecule has 7 heteroatoms. The lowest BCUT2D eigenvalue weighted by atomic mass is 9.91. The van der Waals surface area contributed by atoms with Gasteiger partial charge in [0, 0.05) is 66.7 Å². The number of ether oxygens (including phenoxy) is 1. The molecule has 7 nitrogen and oxygen atoms in total. The summed E-state index contributed by atoms with van der Waals surface area (Å²) in [5, 5.41) is 1.24. The Morgan fingerprint density at radius 3 is 2.73 bits per heavy atom. The first-order chi connectivity index (χ1) is 18.2.